The van der Waals surface area contributed by atoms with E-state index in [1.165, 1.54) is 148 Å². The summed E-state index contributed by atoms with van der Waals surface area (Å²) in [7, 11) is 0. The molecule has 0 aromatic rings. The van der Waals surface area contributed by atoms with Gasteiger partial charge in [-0.25, -0.2) is 0 Å². The van der Waals surface area contributed by atoms with E-state index in [9.17, 15) is 19.8 Å². The Morgan fingerprint density at radius 2 is 0.889 bits per heavy atom. The Kier molecular flexibility index (Phi) is 42.7. The maximum atomic E-state index is 12.3. The molecule has 0 radical (unpaired) electrons. The van der Waals surface area contributed by atoms with Gasteiger partial charge in [-0.05, 0) is 51.4 Å². The molecule has 3 N–H and O–H groups in total. The SMILES string of the molecule is CCCCCCCCC/C=C/C(O)C(CO)NC(=O)CCC/C=C\CCCCCCOC(=O)CCCCCCCCCCCCCCCCCCCCC. The summed E-state index contributed by atoms with van der Waals surface area (Å²) in [5.41, 5.74) is 0. The number of rotatable bonds is 43. The number of ether oxygens (including phenoxy) is 1. The molecular weight excluding hydrogens is 671 g/mol. The molecule has 6 nitrogen and oxygen atoms in total. The van der Waals surface area contributed by atoms with Gasteiger partial charge in [-0.2, -0.15) is 0 Å². The van der Waals surface area contributed by atoms with Gasteiger partial charge in [-0.3, -0.25) is 9.59 Å². The van der Waals surface area contributed by atoms with Crippen molar-refractivity contribution in [2.45, 2.75) is 257 Å². The number of aliphatic hydroxyl groups excluding tert-OH is 2. The van der Waals surface area contributed by atoms with Crippen molar-refractivity contribution in [2.75, 3.05) is 13.2 Å². The van der Waals surface area contributed by atoms with Crippen molar-refractivity contribution < 1.29 is 24.5 Å². The summed E-state index contributed by atoms with van der Waals surface area (Å²) in [6.07, 6.45) is 50.5. The Morgan fingerprint density at radius 1 is 0.500 bits per heavy atom. The van der Waals surface area contributed by atoms with E-state index in [4.69, 9.17) is 4.74 Å². The zero-order chi connectivity index (χ0) is 39.4. The zero-order valence-corrected chi connectivity index (χ0v) is 36.0. The highest BCUT2D eigenvalue weighted by atomic mass is 16.5. The summed E-state index contributed by atoms with van der Waals surface area (Å²) < 4.78 is 5.44. The smallest absolute Gasteiger partial charge is 0.305 e. The summed E-state index contributed by atoms with van der Waals surface area (Å²) >= 11 is 0. The molecule has 0 fully saturated rings. The predicted molar refractivity (Wildman–Crippen MR) is 232 cm³/mol. The highest BCUT2D eigenvalue weighted by Gasteiger charge is 2.17. The quantitative estimate of drug-likeness (QED) is 0.0327. The van der Waals surface area contributed by atoms with Crippen LogP contribution in [0.3, 0.4) is 0 Å². The van der Waals surface area contributed by atoms with Crippen LogP contribution in [0.5, 0.6) is 0 Å². The third-order valence-corrected chi connectivity index (χ3v) is 10.7. The maximum absolute atomic E-state index is 12.3. The Bertz CT molecular complexity index is 843. The molecule has 0 saturated heterocycles. The van der Waals surface area contributed by atoms with Gasteiger partial charge in [0, 0.05) is 12.8 Å². The molecule has 0 spiro atoms. The van der Waals surface area contributed by atoms with Crippen molar-refractivity contribution in [3.63, 3.8) is 0 Å². The second-order valence-corrected chi connectivity index (χ2v) is 16.1. The van der Waals surface area contributed by atoms with Gasteiger partial charge in [0.2, 0.25) is 5.91 Å². The summed E-state index contributed by atoms with van der Waals surface area (Å²) in [6, 6.07) is -0.662. The molecule has 0 aliphatic carbocycles. The molecule has 0 aromatic heterocycles. The average Bonchev–Trinajstić information content (AvgIpc) is 3.17. The molecule has 0 rings (SSSR count). The number of aliphatic hydroxyl groups is 2. The Labute approximate surface area is 335 Å². The molecular formula is C48H91NO5. The minimum atomic E-state index is -0.872. The summed E-state index contributed by atoms with van der Waals surface area (Å²) in [6.45, 7) is 4.78. The molecule has 0 aliphatic heterocycles. The van der Waals surface area contributed by atoms with Gasteiger partial charge in [0.25, 0.3) is 0 Å². The van der Waals surface area contributed by atoms with E-state index < -0.39 is 12.1 Å². The van der Waals surface area contributed by atoms with Crippen LogP contribution in [0, 0.1) is 0 Å². The lowest BCUT2D eigenvalue weighted by Crippen LogP contribution is -2.45. The third kappa shape index (κ3) is 40.0. The van der Waals surface area contributed by atoms with Crippen LogP contribution in [0.15, 0.2) is 24.3 Å². The van der Waals surface area contributed by atoms with Crippen LogP contribution in [0.25, 0.3) is 0 Å². The monoisotopic (exact) mass is 762 g/mol. The van der Waals surface area contributed by atoms with Crippen LogP contribution < -0.4 is 5.32 Å². The normalized spacial score (nSPS) is 12.9. The largest absolute Gasteiger partial charge is 0.466 e. The summed E-state index contributed by atoms with van der Waals surface area (Å²) in [5.74, 6) is -0.166. The summed E-state index contributed by atoms with van der Waals surface area (Å²) in [4.78, 5) is 24.4. The molecule has 2 atom stereocenters. The number of carbonyl (C=O) groups is 2. The second-order valence-electron chi connectivity index (χ2n) is 16.1. The number of allylic oxidation sites excluding steroid dienone is 3. The molecule has 6 heteroatoms. The van der Waals surface area contributed by atoms with Crippen LogP contribution in [-0.4, -0.2) is 47.4 Å². The van der Waals surface area contributed by atoms with Gasteiger partial charge in [0.05, 0.1) is 25.4 Å². The lowest BCUT2D eigenvalue weighted by molar-refractivity contribution is -0.143. The van der Waals surface area contributed by atoms with Gasteiger partial charge < -0.3 is 20.3 Å². The molecule has 0 aliphatic rings. The molecule has 1 amide bonds. The second kappa shape index (κ2) is 44.1. The van der Waals surface area contributed by atoms with Crippen molar-refractivity contribution >= 4 is 11.9 Å². The predicted octanol–water partition coefficient (Wildman–Crippen LogP) is 13.6. The first-order valence-electron chi connectivity index (χ1n) is 23.6. The number of hydrogen-bond donors (Lipinski definition) is 3. The minimum Gasteiger partial charge on any atom is -0.466 e. The Morgan fingerprint density at radius 3 is 1.35 bits per heavy atom. The number of hydrogen-bond acceptors (Lipinski definition) is 5. The van der Waals surface area contributed by atoms with Gasteiger partial charge in [0.15, 0.2) is 0 Å². The molecule has 318 valence electrons. The topological polar surface area (TPSA) is 95.9 Å². The highest BCUT2D eigenvalue weighted by Crippen LogP contribution is 2.15. The number of nitrogens with one attached hydrogen (secondary N) is 1. The number of unbranched alkanes of at least 4 members (excludes halogenated alkanes) is 30. The van der Waals surface area contributed by atoms with Gasteiger partial charge in [-0.1, -0.05) is 205 Å². The van der Waals surface area contributed by atoms with Crippen molar-refractivity contribution in [1.29, 1.82) is 0 Å². The summed E-state index contributed by atoms with van der Waals surface area (Å²) in [5, 5.41) is 22.8. The van der Waals surface area contributed by atoms with E-state index in [1.54, 1.807) is 6.08 Å². The fraction of sp³-hybridized carbons (Fsp3) is 0.875. The third-order valence-electron chi connectivity index (χ3n) is 10.7. The number of esters is 1. The van der Waals surface area contributed by atoms with E-state index in [2.05, 4.69) is 31.3 Å². The fourth-order valence-corrected chi connectivity index (χ4v) is 7.05. The van der Waals surface area contributed by atoms with Crippen molar-refractivity contribution in [1.82, 2.24) is 5.32 Å². The minimum absolute atomic E-state index is 0.0347. The van der Waals surface area contributed by atoms with E-state index >= 15 is 0 Å². The van der Waals surface area contributed by atoms with Gasteiger partial charge >= 0.3 is 5.97 Å². The number of amides is 1. The van der Waals surface area contributed by atoms with E-state index in [0.717, 1.165) is 70.6 Å². The first kappa shape index (κ1) is 52.3. The van der Waals surface area contributed by atoms with Crippen LogP contribution in [-0.2, 0) is 14.3 Å². The molecule has 54 heavy (non-hydrogen) atoms. The molecule has 0 saturated carbocycles. The maximum Gasteiger partial charge on any atom is 0.305 e. The van der Waals surface area contributed by atoms with Crippen LogP contribution in [0.1, 0.15) is 245 Å². The van der Waals surface area contributed by atoms with Crippen LogP contribution in [0.2, 0.25) is 0 Å². The first-order chi connectivity index (χ1) is 26.5. The standard InChI is InChI=1S/C48H91NO5/c1-3-5-7-9-11-13-14-15-16-17-18-19-20-21-22-26-30-34-38-42-48(53)54-43-39-35-31-27-23-25-29-33-37-41-47(52)49-45(44-50)46(51)40-36-32-28-24-12-10-8-6-4-2/h25,29,36,40,45-46,50-51H,3-24,26-28,30-35,37-39,41-44H2,1-2H3,(H,49,52)/b29-25-,40-36+. The van der Waals surface area contributed by atoms with Crippen molar-refractivity contribution in [3.05, 3.63) is 24.3 Å². The fourth-order valence-electron chi connectivity index (χ4n) is 7.05. The van der Waals surface area contributed by atoms with E-state index in [0.29, 0.717) is 19.4 Å². The molecule has 0 heterocycles. The Hall–Kier alpha value is -1.66. The van der Waals surface area contributed by atoms with E-state index in [1.807, 2.05) is 6.08 Å². The van der Waals surface area contributed by atoms with Gasteiger partial charge in [0.1, 0.15) is 0 Å². The zero-order valence-electron chi connectivity index (χ0n) is 36.0. The lowest BCUT2D eigenvalue weighted by Gasteiger charge is -2.19. The van der Waals surface area contributed by atoms with E-state index in [-0.39, 0.29) is 18.5 Å². The molecule has 0 bridgehead atoms. The highest BCUT2D eigenvalue weighted by molar-refractivity contribution is 5.76. The van der Waals surface area contributed by atoms with Crippen molar-refractivity contribution in [3.8, 4) is 0 Å². The van der Waals surface area contributed by atoms with Crippen molar-refractivity contribution in [2.24, 2.45) is 0 Å². The van der Waals surface area contributed by atoms with Crippen LogP contribution in [0.4, 0.5) is 0 Å². The lowest BCUT2D eigenvalue weighted by atomic mass is 10.0. The Balaban J connectivity index is 3.50. The van der Waals surface area contributed by atoms with Crippen LogP contribution >= 0.6 is 0 Å². The average molecular weight is 762 g/mol. The first-order valence-corrected chi connectivity index (χ1v) is 23.6. The number of carbonyl (C=O) groups excluding carboxylic acids is 2. The van der Waals surface area contributed by atoms with Gasteiger partial charge in [-0.15, -0.1) is 0 Å². The molecule has 2 unspecified atom stereocenters. The molecule has 0 aromatic carbocycles.